The van der Waals surface area contributed by atoms with Crippen LogP contribution in [0.1, 0.15) is 44.6 Å². The van der Waals surface area contributed by atoms with E-state index in [1.165, 1.54) is 30.4 Å². The maximum Gasteiger partial charge on any atom is 0.243 e. The Hall–Kier alpha value is -1.13. The van der Waals surface area contributed by atoms with E-state index in [-0.39, 0.29) is 6.04 Å². The third-order valence-electron chi connectivity index (χ3n) is 6.04. The molecule has 1 fully saturated rings. The summed E-state index contributed by atoms with van der Waals surface area (Å²) < 4.78 is 28.2. The Labute approximate surface area is 139 Å². The van der Waals surface area contributed by atoms with E-state index < -0.39 is 10.0 Å². The number of hydrogen-bond acceptors (Lipinski definition) is 2. The monoisotopic (exact) mass is 331 g/mol. The fourth-order valence-electron chi connectivity index (χ4n) is 4.75. The number of hydrogen-bond donors (Lipinski definition) is 0. The van der Waals surface area contributed by atoms with Gasteiger partial charge >= 0.3 is 0 Å². The van der Waals surface area contributed by atoms with E-state index in [9.17, 15) is 8.42 Å². The van der Waals surface area contributed by atoms with Gasteiger partial charge in [-0.3, -0.25) is 0 Å². The number of benzene rings is 1. The second-order valence-corrected chi connectivity index (χ2v) is 9.36. The summed E-state index contributed by atoms with van der Waals surface area (Å²) in [5.41, 5.74) is 4.02. The first-order chi connectivity index (χ1) is 11.0. The van der Waals surface area contributed by atoms with E-state index in [4.69, 9.17) is 0 Å². The molecular formula is C19H25NO2S. The Balaban J connectivity index is 1.72. The van der Waals surface area contributed by atoms with Crippen LogP contribution in [-0.2, 0) is 10.0 Å². The highest BCUT2D eigenvalue weighted by molar-refractivity contribution is 7.89. The molecule has 0 N–H and O–H groups in total. The van der Waals surface area contributed by atoms with Crippen LogP contribution in [0.25, 0.3) is 0 Å². The number of rotatable bonds is 2. The van der Waals surface area contributed by atoms with Gasteiger partial charge in [-0.15, -0.1) is 0 Å². The van der Waals surface area contributed by atoms with Crippen molar-refractivity contribution in [2.24, 2.45) is 11.8 Å². The molecule has 124 valence electrons. The van der Waals surface area contributed by atoms with E-state index in [1.54, 1.807) is 16.4 Å². The fourth-order valence-corrected chi connectivity index (χ4v) is 6.36. The summed E-state index contributed by atoms with van der Waals surface area (Å²) in [6.45, 7) is 4.88. The molecule has 1 saturated carbocycles. The summed E-state index contributed by atoms with van der Waals surface area (Å²) in [4.78, 5) is 0.442. The standard InChI is InChI=1S/C19H25NO2S/c1-13-6-10-16(11-7-13)23(21,22)20-12-17-14(2)8-9-15-4-3-5-18(20)19(15)17/h6-7,10-11,14-15,18H,3-5,8-9,12H2,1-2H3. The van der Waals surface area contributed by atoms with E-state index in [0.29, 0.717) is 23.3 Å². The van der Waals surface area contributed by atoms with E-state index >= 15 is 0 Å². The fraction of sp³-hybridized carbons (Fsp3) is 0.579. The topological polar surface area (TPSA) is 37.4 Å². The molecule has 0 aromatic heterocycles. The van der Waals surface area contributed by atoms with Crippen LogP contribution in [0.2, 0.25) is 0 Å². The molecule has 3 aliphatic rings. The second kappa shape index (κ2) is 5.45. The summed E-state index contributed by atoms with van der Waals surface area (Å²) in [5, 5.41) is 0. The molecule has 0 spiro atoms. The van der Waals surface area contributed by atoms with E-state index in [2.05, 4.69) is 6.92 Å². The Morgan fingerprint density at radius 1 is 1.04 bits per heavy atom. The summed E-state index contributed by atoms with van der Waals surface area (Å²) in [5.74, 6) is 1.18. The van der Waals surface area contributed by atoms with Gasteiger partial charge in [-0.1, -0.05) is 36.6 Å². The minimum Gasteiger partial charge on any atom is -0.207 e. The third kappa shape index (κ3) is 2.38. The molecule has 4 rings (SSSR count). The average Bonchev–Trinajstić information content (AvgIpc) is 2.94. The molecule has 3 atom stereocenters. The zero-order valence-corrected chi connectivity index (χ0v) is 14.8. The molecule has 3 nitrogen and oxygen atoms in total. The van der Waals surface area contributed by atoms with Gasteiger partial charge in [0.2, 0.25) is 10.0 Å². The van der Waals surface area contributed by atoms with Crippen molar-refractivity contribution in [3.8, 4) is 0 Å². The van der Waals surface area contributed by atoms with Gasteiger partial charge in [0, 0.05) is 12.6 Å². The molecule has 1 aromatic carbocycles. The quantitative estimate of drug-likeness (QED) is 0.771. The number of aryl methyl sites for hydroxylation is 1. The van der Waals surface area contributed by atoms with Gasteiger partial charge in [-0.2, -0.15) is 4.31 Å². The van der Waals surface area contributed by atoms with Gasteiger partial charge < -0.3 is 0 Å². The summed E-state index contributed by atoms with van der Waals surface area (Å²) in [7, 11) is -3.40. The van der Waals surface area contributed by atoms with Crippen LogP contribution in [0.3, 0.4) is 0 Å². The predicted molar refractivity (Wildman–Crippen MR) is 91.6 cm³/mol. The lowest BCUT2D eigenvalue weighted by Gasteiger charge is -2.36. The highest BCUT2D eigenvalue weighted by Gasteiger charge is 2.46. The second-order valence-electron chi connectivity index (χ2n) is 7.47. The first-order valence-corrected chi connectivity index (χ1v) is 10.2. The molecule has 4 heteroatoms. The molecule has 23 heavy (non-hydrogen) atoms. The highest BCUT2D eigenvalue weighted by Crippen LogP contribution is 2.49. The van der Waals surface area contributed by atoms with Gasteiger partial charge in [0.1, 0.15) is 0 Å². The van der Waals surface area contributed by atoms with Crippen molar-refractivity contribution in [3.63, 3.8) is 0 Å². The zero-order valence-electron chi connectivity index (χ0n) is 14.0. The highest BCUT2D eigenvalue weighted by atomic mass is 32.2. The smallest absolute Gasteiger partial charge is 0.207 e. The maximum atomic E-state index is 13.2. The molecule has 0 amide bonds. The van der Waals surface area contributed by atoms with Crippen LogP contribution in [0.15, 0.2) is 40.3 Å². The lowest BCUT2D eigenvalue weighted by Crippen LogP contribution is -2.40. The largest absolute Gasteiger partial charge is 0.243 e. The lowest BCUT2D eigenvalue weighted by atomic mass is 9.71. The van der Waals surface area contributed by atoms with Gasteiger partial charge in [0.05, 0.1) is 4.90 Å². The minimum atomic E-state index is -3.40. The molecular weight excluding hydrogens is 306 g/mol. The molecule has 0 saturated heterocycles. The normalized spacial score (nSPS) is 31.3. The Kier molecular flexibility index (Phi) is 3.65. The third-order valence-corrected chi connectivity index (χ3v) is 7.91. The van der Waals surface area contributed by atoms with Crippen LogP contribution in [-0.4, -0.2) is 25.3 Å². The van der Waals surface area contributed by atoms with Gasteiger partial charge in [-0.05, 0) is 62.1 Å². The molecule has 1 aliphatic heterocycles. The van der Waals surface area contributed by atoms with Crippen molar-refractivity contribution in [1.29, 1.82) is 0 Å². The molecule has 1 heterocycles. The molecule has 1 aromatic rings. The van der Waals surface area contributed by atoms with Crippen LogP contribution in [0.5, 0.6) is 0 Å². The first-order valence-electron chi connectivity index (χ1n) is 8.80. The molecule has 2 aliphatic carbocycles. The predicted octanol–water partition coefficient (Wildman–Crippen LogP) is 3.89. The van der Waals surface area contributed by atoms with Crippen molar-refractivity contribution in [2.45, 2.75) is 56.9 Å². The maximum absolute atomic E-state index is 13.2. The van der Waals surface area contributed by atoms with Crippen LogP contribution < -0.4 is 0 Å². The van der Waals surface area contributed by atoms with E-state index in [0.717, 1.165) is 18.4 Å². The van der Waals surface area contributed by atoms with Crippen molar-refractivity contribution in [2.75, 3.05) is 6.54 Å². The van der Waals surface area contributed by atoms with E-state index in [1.807, 2.05) is 19.1 Å². The first kappa shape index (κ1) is 15.4. The van der Waals surface area contributed by atoms with Gasteiger partial charge in [0.15, 0.2) is 0 Å². The van der Waals surface area contributed by atoms with Crippen molar-refractivity contribution in [1.82, 2.24) is 4.31 Å². The molecule has 0 radical (unpaired) electrons. The van der Waals surface area contributed by atoms with Crippen molar-refractivity contribution in [3.05, 3.63) is 41.0 Å². The number of nitrogens with zero attached hydrogens (tertiary/aromatic N) is 1. The Bertz CT molecular complexity index is 748. The Morgan fingerprint density at radius 2 is 1.78 bits per heavy atom. The minimum absolute atomic E-state index is 0.123. The summed E-state index contributed by atoms with van der Waals surface area (Å²) in [6.07, 6.45) is 5.86. The van der Waals surface area contributed by atoms with Crippen LogP contribution in [0, 0.1) is 18.8 Å². The Morgan fingerprint density at radius 3 is 2.52 bits per heavy atom. The van der Waals surface area contributed by atoms with Crippen LogP contribution in [0.4, 0.5) is 0 Å². The molecule has 3 unspecified atom stereocenters. The lowest BCUT2D eigenvalue weighted by molar-refractivity contribution is 0.302. The van der Waals surface area contributed by atoms with Gasteiger partial charge in [-0.25, -0.2) is 8.42 Å². The average molecular weight is 331 g/mol. The summed E-state index contributed by atoms with van der Waals surface area (Å²) in [6, 6.07) is 7.42. The summed E-state index contributed by atoms with van der Waals surface area (Å²) >= 11 is 0. The van der Waals surface area contributed by atoms with Crippen molar-refractivity contribution < 1.29 is 8.42 Å². The molecule has 0 bridgehead atoms. The number of sulfonamides is 1. The van der Waals surface area contributed by atoms with Crippen molar-refractivity contribution >= 4 is 10.0 Å². The SMILES string of the molecule is Cc1ccc(S(=O)(=O)N2CC3=C4C(CCCC42)CCC3C)cc1. The zero-order chi connectivity index (χ0) is 16.2. The van der Waals surface area contributed by atoms with Gasteiger partial charge in [0.25, 0.3) is 0 Å². The van der Waals surface area contributed by atoms with Crippen LogP contribution >= 0.6 is 0 Å².